The molecule has 0 fully saturated rings. The molecule has 0 atom stereocenters. The van der Waals surface area contributed by atoms with Gasteiger partial charge in [-0.2, -0.15) is 0 Å². The van der Waals surface area contributed by atoms with Crippen LogP contribution in [-0.4, -0.2) is 24.9 Å². The zero-order chi connectivity index (χ0) is 18.2. The minimum atomic E-state index is -3.67. The van der Waals surface area contributed by atoms with Gasteiger partial charge >= 0.3 is 13.7 Å². The molecule has 0 aliphatic carbocycles. The summed E-state index contributed by atoms with van der Waals surface area (Å²) in [5, 5.41) is 2.52. The van der Waals surface area contributed by atoms with E-state index in [1.807, 2.05) is 30.3 Å². The zero-order valence-corrected chi connectivity index (χ0v) is 15.8. The van der Waals surface area contributed by atoms with Crippen molar-refractivity contribution in [3.05, 3.63) is 41.3 Å². The predicted octanol–water partition coefficient (Wildman–Crippen LogP) is 4.78. The van der Waals surface area contributed by atoms with Crippen LogP contribution in [0.15, 0.2) is 35.8 Å². The molecule has 7 heteroatoms. The Labute approximate surface area is 143 Å². The molecule has 0 heterocycles. The molecule has 6 nitrogen and oxygen atoms in total. The number of rotatable bonds is 7. The van der Waals surface area contributed by atoms with Gasteiger partial charge in [-0.05, 0) is 46.3 Å². The molecule has 134 valence electrons. The molecule has 1 aromatic rings. The van der Waals surface area contributed by atoms with Crippen LogP contribution in [0, 0.1) is 0 Å². The average molecular weight is 355 g/mol. The maximum absolute atomic E-state index is 13.0. The number of alkyl carbamates (subject to hydrolysis) is 1. The number of hydrogen-bond acceptors (Lipinski definition) is 5. The summed E-state index contributed by atoms with van der Waals surface area (Å²) in [5.74, 6) is 0. The second-order valence-electron chi connectivity index (χ2n) is 5.90. The zero-order valence-electron chi connectivity index (χ0n) is 14.9. The summed E-state index contributed by atoms with van der Waals surface area (Å²) in [6.07, 6.45) is 0.847. The molecule has 0 spiro atoms. The first-order valence-corrected chi connectivity index (χ1v) is 9.41. The third kappa shape index (κ3) is 6.87. The highest BCUT2D eigenvalue weighted by molar-refractivity contribution is 7.58. The Morgan fingerprint density at radius 2 is 1.67 bits per heavy atom. The van der Waals surface area contributed by atoms with Gasteiger partial charge in [0.05, 0.1) is 13.2 Å². The van der Waals surface area contributed by atoms with Crippen molar-refractivity contribution < 1.29 is 23.1 Å². The van der Waals surface area contributed by atoms with Crippen LogP contribution in [0.25, 0.3) is 6.08 Å². The smallest absolute Gasteiger partial charge is 0.412 e. The standard InChI is InChI=1S/C17H26NO5P/c1-6-21-24(20,22-7-2)15(13-14-11-9-8-10-12-14)18-16(19)23-17(3,4)5/h8-13H,6-7H2,1-5H3,(H,18,19)/b15-13-. The minimum Gasteiger partial charge on any atom is -0.444 e. The van der Waals surface area contributed by atoms with Crippen LogP contribution < -0.4 is 5.32 Å². The number of amides is 1. The van der Waals surface area contributed by atoms with Crippen LogP contribution in [0.5, 0.6) is 0 Å². The number of carbonyl (C=O) groups is 1. The van der Waals surface area contributed by atoms with Crippen molar-refractivity contribution in [2.24, 2.45) is 0 Å². The molecule has 0 saturated carbocycles. The van der Waals surface area contributed by atoms with Gasteiger partial charge in [0.15, 0.2) is 0 Å². The Morgan fingerprint density at radius 3 is 2.12 bits per heavy atom. The van der Waals surface area contributed by atoms with Crippen molar-refractivity contribution >= 4 is 19.8 Å². The lowest BCUT2D eigenvalue weighted by molar-refractivity contribution is 0.0546. The van der Waals surface area contributed by atoms with Crippen LogP contribution in [0.1, 0.15) is 40.2 Å². The van der Waals surface area contributed by atoms with Crippen molar-refractivity contribution in [2.45, 2.75) is 40.2 Å². The van der Waals surface area contributed by atoms with E-state index in [0.717, 1.165) is 5.56 Å². The van der Waals surface area contributed by atoms with E-state index < -0.39 is 19.3 Å². The van der Waals surface area contributed by atoms with Gasteiger partial charge in [0.2, 0.25) is 0 Å². The summed E-state index contributed by atoms with van der Waals surface area (Å²) < 4.78 is 28.9. The van der Waals surface area contributed by atoms with Crippen molar-refractivity contribution in [3.8, 4) is 0 Å². The second kappa shape index (κ2) is 9.02. The molecule has 0 unspecified atom stereocenters. The largest absolute Gasteiger partial charge is 0.444 e. The highest BCUT2D eigenvalue weighted by atomic mass is 31.2. The molecule has 1 aromatic carbocycles. The maximum Gasteiger partial charge on any atom is 0.412 e. The number of nitrogens with one attached hydrogen (secondary N) is 1. The summed E-state index contributed by atoms with van der Waals surface area (Å²) in [4.78, 5) is 12.1. The Bertz CT molecular complexity index is 597. The third-order valence-electron chi connectivity index (χ3n) is 2.63. The van der Waals surface area contributed by atoms with E-state index in [9.17, 15) is 9.36 Å². The van der Waals surface area contributed by atoms with E-state index in [0.29, 0.717) is 0 Å². The topological polar surface area (TPSA) is 73.9 Å². The highest BCUT2D eigenvalue weighted by Crippen LogP contribution is 2.55. The normalized spacial score (nSPS) is 12.8. The predicted molar refractivity (Wildman–Crippen MR) is 94.6 cm³/mol. The van der Waals surface area contributed by atoms with Gasteiger partial charge in [-0.25, -0.2) is 4.79 Å². The minimum absolute atomic E-state index is 0.0478. The van der Waals surface area contributed by atoms with E-state index >= 15 is 0 Å². The van der Waals surface area contributed by atoms with Crippen molar-refractivity contribution in [1.29, 1.82) is 0 Å². The molecule has 1 N–H and O–H groups in total. The number of ether oxygens (including phenoxy) is 1. The van der Waals surface area contributed by atoms with Crippen LogP contribution in [-0.2, 0) is 18.3 Å². The van der Waals surface area contributed by atoms with Crippen molar-refractivity contribution in [1.82, 2.24) is 5.32 Å². The summed E-state index contributed by atoms with van der Waals surface area (Å²) in [6.45, 7) is 9.02. The molecule has 1 amide bonds. The van der Waals surface area contributed by atoms with Crippen molar-refractivity contribution in [3.63, 3.8) is 0 Å². The molecule has 0 radical (unpaired) electrons. The van der Waals surface area contributed by atoms with Gasteiger partial charge in [0.25, 0.3) is 0 Å². The fourth-order valence-electron chi connectivity index (χ4n) is 1.82. The molecule has 0 aliphatic heterocycles. The lowest BCUT2D eigenvalue weighted by Crippen LogP contribution is -2.32. The first kappa shape index (κ1) is 20.4. The second-order valence-corrected chi connectivity index (χ2v) is 7.89. The van der Waals surface area contributed by atoms with E-state index in [4.69, 9.17) is 13.8 Å². The van der Waals surface area contributed by atoms with E-state index in [1.165, 1.54) is 0 Å². The molecule has 1 rings (SSSR count). The summed E-state index contributed by atoms with van der Waals surface area (Å²) in [5.41, 5.74) is 0.123. The van der Waals surface area contributed by atoms with Gasteiger partial charge in [0.1, 0.15) is 11.0 Å². The number of hydrogen-bond donors (Lipinski definition) is 1. The lowest BCUT2D eigenvalue weighted by Gasteiger charge is -2.23. The summed E-state index contributed by atoms with van der Waals surface area (Å²) >= 11 is 0. The third-order valence-corrected chi connectivity index (χ3v) is 4.65. The van der Waals surface area contributed by atoms with Gasteiger partial charge < -0.3 is 13.8 Å². The van der Waals surface area contributed by atoms with Crippen LogP contribution >= 0.6 is 7.60 Å². The van der Waals surface area contributed by atoms with Crippen LogP contribution in [0.3, 0.4) is 0 Å². The lowest BCUT2D eigenvalue weighted by atomic mass is 10.2. The maximum atomic E-state index is 13.0. The fraction of sp³-hybridized carbons (Fsp3) is 0.471. The molecule has 0 aliphatic rings. The van der Waals surface area contributed by atoms with E-state index in [-0.39, 0.29) is 18.7 Å². The Balaban J connectivity index is 3.18. The quantitative estimate of drug-likeness (QED) is 0.713. The molecule has 24 heavy (non-hydrogen) atoms. The molecular weight excluding hydrogens is 329 g/mol. The van der Waals surface area contributed by atoms with E-state index in [2.05, 4.69) is 5.32 Å². The summed E-state index contributed by atoms with van der Waals surface area (Å²) in [6, 6.07) is 9.17. The first-order valence-electron chi connectivity index (χ1n) is 7.86. The van der Waals surface area contributed by atoms with Crippen LogP contribution in [0.2, 0.25) is 0 Å². The SMILES string of the molecule is CCOP(=O)(OCC)/C(=C\c1ccccc1)NC(=O)OC(C)(C)C. The van der Waals surface area contributed by atoms with E-state index in [1.54, 1.807) is 40.7 Å². The van der Waals surface area contributed by atoms with Crippen LogP contribution in [0.4, 0.5) is 4.79 Å². The Morgan fingerprint density at radius 1 is 1.12 bits per heavy atom. The molecule has 0 saturated heterocycles. The van der Waals surface area contributed by atoms with Gasteiger partial charge in [0, 0.05) is 0 Å². The van der Waals surface area contributed by atoms with Crippen molar-refractivity contribution in [2.75, 3.05) is 13.2 Å². The van der Waals surface area contributed by atoms with Gasteiger partial charge in [-0.15, -0.1) is 0 Å². The van der Waals surface area contributed by atoms with Gasteiger partial charge in [-0.1, -0.05) is 30.3 Å². The van der Waals surface area contributed by atoms with Gasteiger partial charge in [-0.3, -0.25) is 9.88 Å². The summed E-state index contributed by atoms with van der Waals surface area (Å²) in [7, 11) is -3.67. The first-order chi connectivity index (χ1) is 11.2. The fourth-order valence-corrected chi connectivity index (χ4v) is 3.38. The number of carbonyl (C=O) groups excluding carboxylic acids is 1. The molecule has 0 bridgehead atoms. The molecule has 0 aromatic heterocycles. The number of benzene rings is 1. The monoisotopic (exact) mass is 355 g/mol. The molecular formula is C17H26NO5P. The highest BCUT2D eigenvalue weighted by Gasteiger charge is 2.32. The Hall–Kier alpha value is -1.62. The Kier molecular flexibility index (Phi) is 7.67. The average Bonchev–Trinajstić information content (AvgIpc) is 2.46.